The summed E-state index contributed by atoms with van der Waals surface area (Å²) in [6.07, 6.45) is 7.01. The number of rotatable bonds is 7. The average molecular weight is 375 g/mol. The number of likely N-dealkylation sites (N-methyl/N-ethyl adjacent to an activating group) is 1. The summed E-state index contributed by atoms with van der Waals surface area (Å²) < 4.78 is 5.40. The van der Waals surface area contributed by atoms with Crippen LogP contribution in [-0.4, -0.2) is 57.1 Å². The number of carbonyl (C=O) groups is 1. The summed E-state index contributed by atoms with van der Waals surface area (Å²) in [6, 6.07) is 6.73. The number of nitrogens with zero attached hydrogens (tertiary/aromatic N) is 2. The van der Waals surface area contributed by atoms with Crippen molar-refractivity contribution in [2.75, 3.05) is 34.3 Å². The van der Waals surface area contributed by atoms with Crippen LogP contribution in [0, 0.1) is 6.92 Å². The Hall–Kier alpha value is -2.24. The molecule has 1 amide bonds. The molecule has 0 spiro atoms. The Labute approximate surface area is 163 Å². The van der Waals surface area contributed by atoms with Gasteiger partial charge in [-0.15, -0.1) is 0 Å². The van der Waals surface area contributed by atoms with Crippen LogP contribution in [0.1, 0.15) is 43.2 Å². The molecule has 1 fully saturated rings. The predicted molar refractivity (Wildman–Crippen MR) is 110 cm³/mol. The van der Waals surface area contributed by atoms with Gasteiger partial charge < -0.3 is 20.3 Å². The number of hydrogen-bond acceptors (Lipinski definition) is 3. The lowest BCUT2D eigenvalue weighted by atomic mass is 9.96. The molecule has 0 bridgehead atoms. The molecular formula is C21H34N4O2. The van der Waals surface area contributed by atoms with Crippen LogP contribution in [0.25, 0.3) is 0 Å². The summed E-state index contributed by atoms with van der Waals surface area (Å²) in [7, 11) is 5.21. The smallest absolute Gasteiger partial charge is 0.243 e. The molecule has 2 rings (SSSR count). The van der Waals surface area contributed by atoms with Gasteiger partial charge in [-0.05, 0) is 43.4 Å². The van der Waals surface area contributed by atoms with Crippen molar-refractivity contribution in [3.8, 4) is 5.75 Å². The summed E-state index contributed by atoms with van der Waals surface area (Å²) >= 11 is 0. The van der Waals surface area contributed by atoms with Crippen molar-refractivity contribution in [2.45, 2.75) is 51.5 Å². The third kappa shape index (κ3) is 7.12. The highest BCUT2D eigenvalue weighted by atomic mass is 16.5. The van der Waals surface area contributed by atoms with E-state index in [9.17, 15) is 4.79 Å². The Kier molecular flexibility index (Phi) is 8.43. The molecule has 0 saturated heterocycles. The van der Waals surface area contributed by atoms with Crippen molar-refractivity contribution in [3.63, 3.8) is 0 Å². The zero-order valence-electron chi connectivity index (χ0n) is 17.2. The number of ether oxygens (including phenoxy) is 1. The van der Waals surface area contributed by atoms with Crippen LogP contribution in [0.2, 0.25) is 0 Å². The highest BCUT2D eigenvalue weighted by Crippen LogP contribution is 2.19. The Morgan fingerprint density at radius 3 is 2.67 bits per heavy atom. The Morgan fingerprint density at radius 2 is 2.00 bits per heavy atom. The minimum absolute atomic E-state index is 0.00279. The third-order valence-corrected chi connectivity index (χ3v) is 5.00. The zero-order chi connectivity index (χ0) is 19.6. The minimum Gasteiger partial charge on any atom is -0.496 e. The molecule has 1 aromatic rings. The van der Waals surface area contributed by atoms with E-state index in [1.54, 1.807) is 26.1 Å². The molecule has 1 saturated carbocycles. The molecule has 27 heavy (non-hydrogen) atoms. The van der Waals surface area contributed by atoms with Gasteiger partial charge in [0.25, 0.3) is 0 Å². The van der Waals surface area contributed by atoms with E-state index in [2.05, 4.69) is 33.8 Å². The molecule has 0 radical (unpaired) electrons. The van der Waals surface area contributed by atoms with Crippen LogP contribution in [0.15, 0.2) is 23.2 Å². The molecule has 2 N–H and O–H groups in total. The maximum absolute atomic E-state index is 11.9. The SMILES string of the molecule is COc1cc(CCNC(=NCC(=O)N(C)C)NC2CCCCC2)ccc1C. The van der Waals surface area contributed by atoms with Gasteiger partial charge in [0.15, 0.2) is 5.96 Å². The fraction of sp³-hybridized carbons (Fsp3) is 0.619. The summed E-state index contributed by atoms with van der Waals surface area (Å²) in [5.74, 6) is 1.65. The first kappa shape index (κ1) is 21.1. The fourth-order valence-corrected chi connectivity index (χ4v) is 3.23. The van der Waals surface area contributed by atoms with Gasteiger partial charge in [0.1, 0.15) is 12.3 Å². The lowest BCUT2D eigenvalue weighted by Crippen LogP contribution is -2.45. The predicted octanol–water partition coefficient (Wildman–Crippen LogP) is 2.50. The normalized spacial score (nSPS) is 15.3. The number of nitrogens with one attached hydrogen (secondary N) is 2. The summed E-state index contributed by atoms with van der Waals surface area (Å²) in [5.41, 5.74) is 2.35. The summed E-state index contributed by atoms with van der Waals surface area (Å²) in [4.78, 5) is 18.0. The molecule has 1 aliphatic carbocycles. The lowest BCUT2D eigenvalue weighted by Gasteiger charge is -2.25. The highest BCUT2D eigenvalue weighted by Gasteiger charge is 2.15. The minimum atomic E-state index is 0.00279. The van der Waals surface area contributed by atoms with E-state index >= 15 is 0 Å². The quantitative estimate of drug-likeness (QED) is 0.568. The first-order chi connectivity index (χ1) is 13.0. The second-order valence-corrected chi connectivity index (χ2v) is 7.41. The van der Waals surface area contributed by atoms with Gasteiger partial charge in [0.2, 0.25) is 5.91 Å². The lowest BCUT2D eigenvalue weighted by molar-refractivity contribution is -0.127. The molecule has 0 atom stereocenters. The van der Waals surface area contributed by atoms with E-state index in [0.717, 1.165) is 43.1 Å². The van der Waals surface area contributed by atoms with Gasteiger partial charge in [0.05, 0.1) is 7.11 Å². The van der Waals surface area contributed by atoms with Crippen molar-refractivity contribution in [1.82, 2.24) is 15.5 Å². The molecule has 0 aliphatic heterocycles. The second kappa shape index (κ2) is 10.8. The molecule has 1 aromatic carbocycles. The number of guanidine groups is 1. The molecule has 0 aromatic heterocycles. The molecule has 150 valence electrons. The number of aliphatic imine (C=N–C) groups is 1. The number of hydrogen-bond donors (Lipinski definition) is 2. The van der Waals surface area contributed by atoms with Gasteiger partial charge in [-0.25, -0.2) is 4.99 Å². The van der Waals surface area contributed by atoms with Gasteiger partial charge in [-0.2, -0.15) is 0 Å². The van der Waals surface area contributed by atoms with Gasteiger partial charge in [-0.1, -0.05) is 31.4 Å². The standard InChI is InChI=1S/C21H34N4O2/c1-16-10-11-17(14-19(16)27-4)12-13-22-21(23-15-20(26)25(2)3)24-18-8-6-5-7-9-18/h10-11,14,18H,5-9,12-13,15H2,1-4H3,(H2,22,23,24). The maximum atomic E-state index is 11.9. The van der Waals surface area contributed by atoms with Crippen LogP contribution >= 0.6 is 0 Å². The molecule has 1 aliphatic rings. The van der Waals surface area contributed by atoms with Crippen molar-refractivity contribution < 1.29 is 9.53 Å². The van der Waals surface area contributed by atoms with E-state index in [1.807, 2.05) is 6.92 Å². The molecule has 6 nitrogen and oxygen atoms in total. The molecule has 0 heterocycles. The fourth-order valence-electron chi connectivity index (χ4n) is 3.23. The van der Waals surface area contributed by atoms with E-state index in [0.29, 0.717) is 6.04 Å². The largest absolute Gasteiger partial charge is 0.496 e. The van der Waals surface area contributed by atoms with Crippen molar-refractivity contribution in [3.05, 3.63) is 29.3 Å². The second-order valence-electron chi connectivity index (χ2n) is 7.41. The number of methoxy groups -OCH3 is 1. The first-order valence-electron chi connectivity index (χ1n) is 9.88. The number of aryl methyl sites for hydroxylation is 1. The van der Waals surface area contributed by atoms with E-state index < -0.39 is 0 Å². The Morgan fingerprint density at radius 1 is 1.26 bits per heavy atom. The monoisotopic (exact) mass is 374 g/mol. The number of benzene rings is 1. The number of amides is 1. The molecule has 6 heteroatoms. The first-order valence-corrected chi connectivity index (χ1v) is 9.88. The Bertz CT molecular complexity index is 637. The molecular weight excluding hydrogens is 340 g/mol. The Balaban J connectivity index is 1.93. The van der Waals surface area contributed by atoms with Crippen molar-refractivity contribution >= 4 is 11.9 Å². The van der Waals surface area contributed by atoms with E-state index in [4.69, 9.17) is 4.74 Å². The third-order valence-electron chi connectivity index (χ3n) is 5.00. The molecule has 0 unspecified atom stereocenters. The number of carbonyl (C=O) groups excluding carboxylic acids is 1. The summed E-state index contributed by atoms with van der Waals surface area (Å²) in [5, 5.41) is 6.90. The van der Waals surface area contributed by atoms with E-state index in [-0.39, 0.29) is 12.5 Å². The van der Waals surface area contributed by atoms with Crippen molar-refractivity contribution in [1.29, 1.82) is 0 Å². The topological polar surface area (TPSA) is 66.0 Å². The van der Waals surface area contributed by atoms with Crippen LogP contribution in [0.5, 0.6) is 5.75 Å². The van der Waals surface area contributed by atoms with Crippen molar-refractivity contribution in [2.24, 2.45) is 4.99 Å². The van der Waals surface area contributed by atoms with Crippen LogP contribution in [0.4, 0.5) is 0 Å². The zero-order valence-corrected chi connectivity index (χ0v) is 17.2. The summed E-state index contributed by atoms with van der Waals surface area (Å²) in [6.45, 7) is 2.95. The van der Waals surface area contributed by atoms with E-state index in [1.165, 1.54) is 24.8 Å². The average Bonchev–Trinajstić information content (AvgIpc) is 2.67. The van der Waals surface area contributed by atoms with Gasteiger partial charge >= 0.3 is 0 Å². The van der Waals surface area contributed by atoms with Crippen LogP contribution in [-0.2, 0) is 11.2 Å². The van der Waals surface area contributed by atoms with Crippen LogP contribution < -0.4 is 15.4 Å². The van der Waals surface area contributed by atoms with Gasteiger partial charge in [-0.3, -0.25) is 4.79 Å². The van der Waals surface area contributed by atoms with Gasteiger partial charge in [0, 0.05) is 26.7 Å². The van der Waals surface area contributed by atoms with Crippen LogP contribution in [0.3, 0.4) is 0 Å². The maximum Gasteiger partial charge on any atom is 0.243 e. The highest BCUT2D eigenvalue weighted by molar-refractivity contribution is 5.84.